The van der Waals surface area contributed by atoms with Crippen molar-refractivity contribution in [1.82, 2.24) is 0 Å². The quantitative estimate of drug-likeness (QED) is 0.709. The van der Waals surface area contributed by atoms with Gasteiger partial charge in [-0.1, -0.05) is 12.1 Å². The van der Waals surface area contributed by atoms with Crippen molar-refractivity contribution in [3.8, 4) is 0 Å². The molecule has 1 aliphatic heterocycles. The van der Waals surface area contributed by atoms with Gasteiger partial charge in [0, 0.05) is 0 Å². The molecule has 17 heavy (non-hydrogen) atoms. The fourth-order valence-corrected chi connectivity index (χ4v) is 1.89. The van der Waals surface area contributed by atoms with Crippen LogP contribution in [0.15, 0.2) is 24.3 Å². The lowest BCUT2D eigenvalue weighted by Gasteiger charge is -2.21. The molecule has 5 heteroatoms. The fourth-order valence-electron chi connectivity index (χ4n) is 1.89. The third kappa shape index (κ3) is 2.60. The summed E-state index contributed by atoms with van der Waals surface area (Å²) in [6.45, 7) is 0.399. The Morgan fingerprint density at radius 2 is 1.82 bits per heavy atom. The predicted octanol–water partition coefficient (Wildman–Crippen LogP) is 3.13. The first kappa shape index (κ1) is 12.0. The van der Waals surface area contributed by atoms with E-state index in [1.807, 2.05) is 0 Å². The number of ether oxygens (including phenoxy) is 1. The molecule has 1 aromatic rings. The smallest absolute Gasteiger partial charge is 0.416 e. The molecule has 0 N–H and O–H groups in total. The number of hydrogen-bond acceptors (Lipinski definition) is 2. The number of cyclic esters (lactones) is 1. The van der Waals surface area contributed by atoms with Gasteiger partial charge in [-0.3, -0.25) is 4.79 Å². The Kier molecular flexibility index (Phi) is 3.09. The van der Waals surface area contributed by atoms with Crippen LogP contribution < -0.4 is 0 Å². The second kappa shape index (κ2) is 4.39. The van der Waals surface area contributed by atoms with Crippen molar-refractivity contribution in [3.63, 3.8) is 0 Å². The van der Waals surface area contributed by atoms with E-state index in [0.29, 0.717) is 18.6 Å². The van der Waals surface area contributed by atoms with Crippen LogP contribution in [0.25, 0.3) is 0 Å². The van der Waals surface area contributed by atoms with Crippen LogP contribution in [-0.2, 0) is 15.7 Å². The lowest BCUT2D eigenvalue weighted by atomic mass is 9.92. The van der Waals surface area contributed by atoms with Gasteiger partial charge in [-0.2, -0.15) is 13.2 Å². The molecule has 1 aliphatic rings. The van der Waals surface area contributed by atoms with Gasteiger partial charge in [-0.15, -0.1) is 0 Å². The minimum atomic E-state index is -4.34. The van der Waals surface area contributed by atoms with Gasteiger partial charge >= 0.3 is 12.1 Å². The summed E-state index contributed by atoms with van der Waals surface area (Å²) in [5, 5.41) is 0. The molecule has 1 unspecified atom stereocenters. The van der Waals surface area contributed by atoms with Gasteiger partial charge in [-0.25, -0.2) is 0 Å². The zero-order valence-corrected chi connectivity index (χ0v) is 8.96. The summed E-state index contributed by atoms with van der Waals surface area (Å²) >= 11 is 0. The largest absolute Gasteiger partial charge is 0.465 e. The molecule has 1 aromatic carbocycles. The Balaban J connectivity index is 2.20. The van der Waals surface area contributed by atoms with E-state index in [9.17, 15) is 18.0 Å². The maximum absolute atomic E-state index is 12.3. The first-order valence-electron chi connectivity index (χ1n) is 5.32. The molecule has 0 radical (unpaired) electrons. The molecular formula is C12H11F3O2. The van der Waals surface area contributed by atoms with E-state index in [2.05, 4.69) is 0 Å². The zero-order chi connectivity index (χ0) is 12.5. The molecule has 0 aromatic heterocycles. The molecule has 1 heterocycles. The molecule has 0 spiro atoms. The Hall–Kier alpha value is -1.52. The van der Waals surface area contributed by atoms with Crippen molar-refractivity contribution in [1.29, 1.82) is 0 Å². The van der Waals surface area contributed by atoms with Crippen molar-refractivity contribution < 1.29 is 22.7 Å². The maximum atomic E-state index is 12.3. The number of benzene rings is 1. The number of carbonyl (C=O) groups is 1. The lowest BCUT2D eigenvalue weighted by molar-refractivity contribution is -0.149. The molecular weight excluding hydrogens is 233 g/mol. The summed E-state index contributed by atoms with van der Waals surface area (Å²) < 4.78 is 41.9. The highest BCUT2D eigenvalue weighted by Crippen LogP contribution is 2.32. The normalized spacial score (nSPS) is 21.1. The zero-order valence-electron chi connectivity index (χ0n) is 8.96. The minimum Gasteiger partial charge on any atom is -0.465 e. The number of hydrogen-bond donors (Lipinski definition) is 0. The summed E-state index contributed by atoms with van der Waals surface area (Å²) in [6, 6.07) is 4.69. The predicted molar refractivity (Wildman–Crippen MR) is 54.4 cm³/mol. The van der Waals surface area contributed by atoms with Gasteiger partial charge in [0.05, 0.1) is 18.1 Å². The van der Waals surface area contributed by atoms with Crippen molar-refractivity contribution >= 4 is 5.97 Å². The number of alkyl halides is 3. The molecule has 2 rings (SSSR count). The molecule has 92 valence electrons. The average molecular weight is 244 g/mol. The summed E-state index contributed by atoms with van der Waals surface area (Å²) in [6.07, 6.45) is -2.97. The molecule has 1 saturated heterocycles. The van der Waals surface area contributed by atoms with Crippen molar-refractivity contribution in [2.24, 2.45) is 0 Å². The van der Waals surface area contributed by atoms with E-state index < -0.39 is 17.7 Å². The van der Waals surface area contributed by atoms with E-state index in [1.54, 1.807) is 0 Å². The highest BCUT2D eigenvalue weighted by atomic mass is 19.4. The SMILES string of the molecule is O=C1OCCCC1c1ccc(C(F)(F)F)cc1. The van der Waals surface area contributed by atoms with Crippen LogP contribution in [-0.4, -0.2) is 12.6 Å². The number of rotatable bonds is 1. The third-order valence-electron chi connectivity index (χ3n) is 2.81. The third-order valence-corrected chi connectivity index (χ3v) is 2.81. The Labute approximate surface area is 96.4 Å². The fraction of sp³-hybridized carbons (Fsp3) is 0.417. The minimum absolute atomic E-state index is 0.351. The highest BCUT2D eigenvalue weighted by Gasteiger charge is 2.31. The Morgan fingerprint density at radius 3 is 2.35 bits per heavy atom. The van der Waals surface area contributed by atoms with Crippen LogP contribution in [0.4, 0.5) is 13.2 Å². The van der Waals surface area contributed by atoms with E-state index in [1.165, 1.54) is 12.1 Å². The van der Waals surface area contributed by atoms with Crippen LogP contribution >= 0.6 is 0 Å². The second-order valence-corrected chi connectivity index (χ2v) is 3.98. The van der Waals surface area contributed by atoms with E-state index in [4.69, 9.17) is 4.74 Å². The van der Waals surface area contributed by atoms with Gasteiger partial charge in [0.1, 0.15) is 0 Å². The van der Waals surface area contributed by atoms with Crippen molar-refractivity contribution in [2.45, 2.75) is 24.9 Å². The number of halogens is 3. The van der Waals surface area contributed by atoms with E-state index in [-0.39, 0.29) is 5.97 Å². The molecule has 1 atom stereocenters. The summed E-state index contributed by atoms with van der Waals surface area (Å²) in [4.78, 5) is 11.4. The first-order valence-corrected chi connectivity index (χ1v) is 5.32. The van der Waals surface area contributed by atoms with E-state index >= 15 is 0 Å². The summed E-state index contributed by atoms with van der Waals surface area (Å²) in [5.74, 6) is -0.776. The van der Waals surface area contributed by atoms with E-state index in [0.717, 1.165) is 18.6 Å². The molecule has 0 aliphatic carbocycles. The van der Waals surface area contributed by atoms with Crippen molar-refractivity contribution in [3.05, 3.63) is 35.4 Å². The van der Waals surface area contributed by atoms with Crippen LogP contribution in [0.2, 0.25) is 0 Å². The lowest BCUT2D eigenvalue weighted by Crippen LogP contribution is -2.22. The van der Waals surface area contributed by atoms with Gasteiger partial charge in [0.15, 0.2) is 0 Å². The second-order valence-electron chi connectivity index (χ2n) is 3.98. The molecule has 2 nitrogen and oxygen atoms in total. The first-order chi connectivity index (χ1) is 7.98. The summed E-state index contributed by atoms with van der Waals surface area (Å²) in [5.41, 5.74) is -0.117. The maximum Gasteiger partial charge on any atom is 0.416 e. The standard InChI is InChI=1S/C12H11F3O2/c13-12(14,15)9-5-3-8(4-6-9)10-2-1-7-17-11(10)16/h3-6,10H,1-2,7H2. The monoisotopic (exact) mass is 244 g/mol. The van der Waals surface area contributed by atoms with Crippen molar-refractivity contribution in [2.75, 3.05) is 6.61 Å². The average Bonchev–Trinajstić information content (AvgIpc) is 2.29. The Bertz CT molecular complexity index is 409. The molecule has 0 amide bonds. The van der Waals surface area contributed by atoms with Gasteiger partial charge in [0.2, 0.25) is 0 Å². The van der Waals surface area contributed by atoms with Gasteiger partial charge < -0.3 is 4.74 Å². The number of carbonyl (C=O) groups excluding carboxylic acids is 1. The van der Waals surface area contributed by atoms with Crippen LogP contribution in [0.1, 0.15) is 29.9 Å². The Morgan fingerprint density at radius 1 is 1.18 bits per heavy atom. The highest BCUT2D eigenvalue weighted by molar-refractivity contribution is 5.78. The van der Waals surface area contributed by atoms with Crippen LogP contribution in [0.3, 0.4) is 0 Å². The van der Waals surface area contributed by atoms with Crippen LogP contribution in [0.5, 0.6) is 0 Å². The summed E-state index contributed by atoms with van der Waals surface area (Å²) in [7, 11) is 0. The van der Waals surface area contributed by atoms with Gasteiger partial charge in [-0.05, 0) is 30.5 Å². The number of esters is 1. The van der Waals surface area contributed by atoms with Crippen LogP contribution in [0, 0.1) is 0 Å². The van der Waals surface area contributed by atoms with Gasteiger partial charge in [0.25, 0.3) is 0 Å². The molecule has 0 bridgehead atoms. The molecule has 1 fully saturated rings. The topological polar surface area (TPSA) is 26.3 Å². The molecule has 0 saturated carbocycles.